The molecule has 1 aliphatic carbocycles. The minimum Gasteiger partial charge on any atom is -0.481 e. The molecule has 0 heterocycles. The molecule has 2 atom stereocenters. The number of hydrogen-bond donors (Lipinski definition) is 1. The van der Waals surface area contributed by atoms with E-state index in [-0.39, 0.29) is 10.2 Å². The van der Waals surface area contributed by atoms with E-state index in [9.17, 15) is 4.79 Å². The Bertz CT molecular complexity index is 148. The summed E-state index contributed by atoms with van der Waals surface area (Å²) in [6, 6.07) is 0. The number of carbonyl (C=O) groups is 1. The lowest BCUT2D eigenvalue weighted by atomic mass is 10.3. The molecule has 1 saturated carbocycles. The molecule has 0 spiro atoms. The fraction of sp³-hybridized carbons (Fsp3) is 0.800. The Hall–Kier alpha value is 0.430. The van der Waals surface area contributed by atoms with E-state index < -0.39 is 5.97 Å². The van der Waals surface area contributed by atoms with Crippen LogP contribution < -0.4 is 0 Å². The van der Waals surface area contributed by atoms with Gasteiger partial charge in [-0.3, -0.25) is 4.79 Å². The molecule has 9 heavy (non-hydrogen) atoms. The average molecular weight is 258 g/mol. The second-order valence-corrected chi connectivity index (χ2v) is 4.40. The first-order valence-electron chi connectivity index (χ1n) is 2.58. The summed E-state index contributed by atoms with van der Waals surface area (Å²) in [5.74, 6) is -0.886. The van der Waals surface area contributed by atoms with Gasteiger partial charge in [0.05, 0.1) is 5.92 Å². The van der Waals surface area contributed by atoms with Gasteiger partial charge < -0.3 is 5.11 Å². The van der Waals surface area contributed by atoms with Gasteiger partial charge in [0.25, 0.3) is 0 Å². The molecule has 0 radical (unpaired) electrons. The van der Waals surface area contributed by atoms with Crippen LogP contribution in [-0.2, 0) is 4.79 Å². The fourth-order valence-electron chi connectivity index (χ4n) is 0.737. The maximum Gasteiger partial charge on any atom is 0.308 e. The third kappa shape index (κ3) is 1.29. The van der Waals surface area contributed by atoms with Gasteiger partial charge in [0.15, 0.2) is 0 Å². The van der Waals surface area contributed by atoms with Crippen LogP contribution in [0.25, 0.3) is 0 Å². The van der Waals surface area contributed by atoms with Crippen molar-refractivity contribution >= 4 is 37.8 Å². The Balaban J connectivity index is 2.48. The van der Waals surface area contributed by atoms with Crippen LogP contribution in [0, 0.1) is 5.92 Å². The van der Waals surface area contributed by atoms with Crippen LogP contribution in [0.2, 0.25) is 0 Å². The van der Waals surface area contributed by atoms with Gasteiger partial charge in [-0.2, -0.15) is 0 Å². The summed E-state index contributed by atoms with van der Waals surface area (Å²) < 4.78 is -0.140. The standard InChI is InChI=1S/C5H6Br2O2/c6-2-5(7)1-3(5)4(8)9/h3H,1-2H2,(H,8,9). The predicted molar refractivity (Wildman–Crippen MR) is 41.2 cm³/mol. The average Bonchev–Trinajstić information content (AvgIpc) is 2.44. The van der Waals surface area contributed by atoms with Crippen molar-refractivity contribution in [3.8, 4) is 0 Å². The van der Waals surface area contributed by atoms with Crippen LogP contribution >= 0.6 is 31.9 Å². The van der Waals surface area contributed by atoms with Crippen molar-refractivity contribution in [2.45, 2.75) is 10.7 Å². The molecule has 0 saturated heterocycles. The molecule has 0 amide bonds. The molecule has 0 aliphatic heterocycles. The smallest absolute Gasteiger partial charge is 0.308 e. The van der Waals surface area contributed by atoms with Crippen LogP contribution in [0.4, 0.5) is 0 Å². The molecule has 2 unspecified atom stereocenters. The Morgan fingerprint density at radius 1 is 1.89 bits per heavy atom. The van der Waals surface area contributed by atoms with Crippen LogP contribution in [0.3, 0.4) is 0 Å². The molecule has 1 rings (SSSR count). The molecule has 1 aliphatic rings. The van der Waals surface area contributed by atoms with E-state index >= 15 is 0 Å². The number of carboxylic acids is 1. The van der Waals surface area contributed by atoms with Crippen molar-refractivity contribution in [2.75, 3.05) is 5.33 Å². The molecule has 4 heteroatoms. The van der Waals surface area contributed by atoms with Crippen LogP contribution in [0.1, 0.15) is 6.42 Å². The van der Waals surface area contributed by atoms with E-state index in [1.165, 1.54) is 0 Å². The molecule has 0 aromatic heterocycles. The minimum absolute atomic E-state index is 0.140. The molecule has 0 bridgehead atoms. The summed E-state index contributed by atoms with van der Waals surface area (Å²) in [4.78, 5) is 10.3. The second kappa shape index (κ2) is 2.23. The number of alkyl halides is 2. The summed E-state index contributed by atoms with van der Waals surface area (Å²) in [6.07, 6.45) is 0.744. The van der Waals surface area contributed by atoms with Gasteiger partial charge in [-0.1, -0.05) is 31.9 Å². The van der Waals surface area contributed by atoms with Crippen molar-refractivity contribution in [1.29, 1.82) is 0 Å². The maximum absolute atomic E-state index is 10.3. The van der Waals surface area contributed by atoms with Gasteiger partial charge in [-0.25, -0.2) is 0 Å². The van der Waals surface area contributed by atoms with E-state index in [2.05, 4.69) is 31.9 Å². The largest absolute Gasteiger partial charge is 0.481 e. The summed E-state index contributed by atoms with van der Waals surface area (Å²) >= 11 is 6.56. The zero-order valence-electron chi connectivity index (χ0n) is 4.60. The number of hydrogen-bond acceptors (Lipinski definition) is 1. The van der Waals surface area contributed by atoms with Gasteiger partial charge in [0.2, 0.25) is 0 Å². The van der Waals surface area contributed by atoms with Crippen LogP contribution in [0.15, 0.2) is 0 Å². The molecule has 2 nitrogen and oxygen atoms in total. The molecular formula is C5H6Br2O2. The van der Waals surface area contributed by atoms with E-state index in [0.29, 0.717) is 0 Å². The molecular weight excluding hydrogens is 252 g/mol. The van der Waals surface area contributed by atoms with Crippen molar-refractivity contribution < 1.29 is 9.90 Å². The number of rotatable bonds is 2. The predicted octanol–water partition coefficient (Wildman–Crippen LogP) is 1.62. The molecule has 0 aromatic carbocycles. The van der Waals surface area contributed by atoms with E-state index in [1.54, 1.807) is 0 Å². The Labute approximate surface area is 69.9 Å². The van der Waals surface area contributed by atoms with Crippen molar-refractivity contribution in [3.63, 3.8) is 0 Å². The normalized spacial score (nSPS) is 40.4. The second-order valence-electron chi connectivity index (χ2n) is 2.26. The summed E-state index contributed by atoms with van der Waals surface area (Å²) in [5, 5.41) is 9.19. The third-order valence-corrected chi connectivity index (χ3v) is 4.44. The number of halogens is 2. The van der Waals surface area contributed by atoms with Gasteiger partial charge in [0, 0.05) is 9.65 Å². The monoisotopic (exact) mass is 256 g/mol. The van der Waals surface area contributed by atoms with Gasteiger partial charge in [0.1, 0.15) is 0 Å². The zero-order chi connectivity index (χ0) is 7.07. The SMILES string of the molecule is O=C(O)C1CC1(Br)CBr. The first-order valence-corrected chi connectivity index (χ1v) is 4.49. The van der Waals surface area contributed by atoms with Crippen molar-refractivity contribution in [3.05, 3.63) is 0 Å². The lowest BCUT2D eigenvalue weighted by Crippen LogP contribution is -2.10. The van der Waals surface area contributed by atoms with E-state index in [4.69, 9.17) is 5.11 Å². The molecule has 1 N–H and O–H groups in total. The molecule has 0 aromatic rings. The number of carboxylic acid groups (broad SMARTS) is 1. The topological polar surface area (TPSA) is 37.3 Å². The first-order chi connectivity index (χ1) is 4.10. The Morgan fingerprint density at radius 2 is 2.44 bits per heavy atom. The maximum atomic E-state index is 10.3. The van der Waals surface area contributed by atoms with Gasteiger partial charge >= 0.3 is 5.97 Å². The van der Waals surface area contributed by atoms with Gasteiger partial charge in [-0.05, 0) is 6.42 Å². The molecule has 52 valence electrons. The van der Waals surface area contributed by atoms with Crippen LogP contribution in [0.5, 0.6) is 0 Å². The van der Waals surface area contributed by atoms with E-state index in [1.807, 2.05) is 0 Å². The fourth-order valence-corrected chi connectivity index (χ4v) is 1.88. The minimum atomic E-state index is -0.702. The summed E-state index contributed by atoms with van der Waals surface area (Å²) in [6.45, 7) is 0. The number of aliphatic carboxylic acids is 1. The van der Waals surface area contributed by atoms with Crippen LogP contribution in [-0.4, -0.2) is 20.7 Å². The third-order valence-electron chi connectivity index (χ3n) is 1.53. The summed E-state index contributed by atoms with van der Waals surface area (Å²) in [7, 11) is 0. The molecule has 1 fully saturated rings. The highest BCUT2D eigenvalue weighted by Crippen LogP contribution is 2.52. The van der Waals surface area contributed by atoms with Gasteiger partial charge in [-0.15, -0.1) is 0 Å². The summed E-state index contributed by atoms with van der Waals surface area (Å²) in [5.41, 5.74) is 0. The lowest BCUT2D eigenvalue weighted by molar-refractivity contribution is -0.138. The van der Waals surface area contributed by atoms with E-state index in [0.717, 1.165) is 11.8 Å². The Morgan fingerprint density at radius 3 is 2.56 bits per heavy atom. The first kappa shape index (κ1) is 7.54. The van der Waals surface area contributed by atoms with Crippen molar-refractivity contribution in [2.24, 2.45) is 5.92 Å². The highest BCUT2D eigenvalue weighted by atomic mass is 79.9. The quantitative estimate of drug-likeness (QED) is 0.764. The van der Waals surface area contributed by atoms with Crippen molar-refractivity contribution in [1.82, 2.24) is 0 Å². The highest BCUT2D eigenvalue weighted by Gasteiger charge is 2.56. The highest BCUT2D eigenvalue weighted by molar-refractivity contribution is 9.12. The zero-order valence-corrected chi connectivity index (χ0v) is 7.77. The Kier molecular flexibility index (Phi) is 1.87. The lowest BCUT2D eigenvalue weighted by Gasteiger charge is -1.98.